The molecular weight excluding hydrogens is 287 g/mol. The summed E-state index contributed by atoms with van der Waals surface area (Å²) in [7, 11) is 0. The highest BCUT2D eigenvalue weighted by Crippen LogP contribution is 2.30. The van der Waals surface area contributed by atoms with Crippen LogP contribution in [0.25, 0.3) is 0 Å². The first-order chi connectivity index (χ1) is 7.97. The van der Waals surface area contributed by atoms with Crippen LogP contribution in [0, 0.1) is 11.7 Å². The molecule has 17 heavy (non-hydrogen) atoms. The maximum Gasteiger partial charge on any atom is 0.124 e. The molecule has 0 amide bonds. The Kier molecular flexibility index (Phi) is 3.85. The minimum atomic E-state index is -0.844. The van der Waals surface area contributed by atoms with Crippen LogP contribution in [-0.4, -0.2) is 23.9 Å². The Balaban J connectivity index is 2.13. The molecule has 0 spiro atoms. The van der Waals surface area contributed by atoms with E-state index in [1.54, 1.807) is 6.92 Å². The van der Waals surface area contributed by atoms with Gasteiger partial charge in [-0.25, -0.2) is 4.39 Å². The lowest BCUT2D eigenvalue weighted by Crippen LogP contribution is -2.37. The third kappa shape index (κ3) is 3.27. The highest BCUT2D eigenvalue weighted by atomic mass is 79.9. The maximum atomic E-state index is 13.2. The van der Waals surface area contributed by atoms with Gasteiger partial charge in [0.1, 0.15) is 5.82 Å². The number of ether oxygens (including phenoxy) is 1. The van der Waals surface area contributed by atoms with Crippen molar-refractivity contribution in [2.75, 3.05) is 13.2 Å². The molecule has 1 N–H and O–H groups in total. The molecule has 0 aliphatic carbocycles. The molecule has 1 aromatic carbocycles. The highest BCUT2D eigenvalue weighted by Gasteiger charge is 2.34. The van der Waals surface area contributed by atoms with E-state index in [1.807, 2.05) is 6.07 Å². The maximum absolute atomic E-state index is 13.2. The fourth-order valence-electron chi connectivity index (χ4n) is 2.30. The molecule has 1 aliphatic rings. The first-order valence-corrected chi connectivity index (χ1v) is 6.52. The second-order valence-electron chi connectivity index (χ2n) is 4.87. The van der Waals surface area contributed by atoms with Gasteiger partial charge in [-0.1, -0.05) is 15.9 Å². The monoisotopic (exact) mass is 302 g/mol. The molecule has 1 aromatic rings. The van der Waals surface area contributed by atoms with Crippen molar-refractivity contribution < 1.29 is 14.2 Å². The summed E-state index contributed by atoms with van der Waals surface area (Å²) < 4.78 is 19.2. The van der Waals surface area contributed by atoms with Gasteiger partial charge in [-0.3, -0.25) is 0 Å². The average Bonchev–Trinajstić information content (AvgIpc) is 2.67. The third-order valence-electron chi connectivity index (χ3n) is 3.29. The Morgan fingerprint density at radius 2 is 2.29 bits per heavy atom. The van der Waals surface area contributed by atoms with Gasteiger partial charge in [0.25, 0.3) is 0 Å². The lowest BCUT2D eigenvalue weighted by atomic mass is 9.83. The standard InChI is InChI=1S/C13H16BrFO2/c1-13(16,10-2-3-17-8-10)7-9-4-11(14)6-12(15)5-9/h4-6,10,16H,2-3,7-8H2,1H3. The molecule has 2 rings (SSSR count). The van der Waals surface area contributed by atoms with Crippen LogP contribution in [0.5, 0.6) is 0 Å². The summed E-state index contributed by atoms with van der Waals surface area (Å²) in [6.07, 6.45) is 1.31. The van der Waals surface area contributed by atoms with Crippen molar-refractivity contribution in [3.05, 3.63) is 34.1 Å². The van der Waals surface area contributed by atoms with Gasteiger partial charge in [0.2, 0.25) is 0 Å². The number of aliphatic hydroxyl groups is 1. The molecule has 1 fully saturated rings. The summed E-state index contributed by atoms with van der Waals surface area (Å²) in [5, 5.41) is 10.4. The van der Waals surface area contributed by atoms with E-state index in [4.69, 9.17) is 4.74 Å². The first kappa shape index (κ1) is 13.0. The highest BCUT2D eigenvalue weighted by molar-refractivity contribution is 9.10. The van der Waals surface area contributed by atoms with E-state index in [0.29, 0.717) is 24.1 Å². The SMILES string of the molecule is CC(O)(Cc1cc(F)cc(Br)c1)C1CCOC1. The summed E-state index contributed by atoms with van der Waals surface area (Å²) >= 11 is 3.26. The predicted octanol–water partition coefficient (Wildman–Crippen LogP) is 2.92. The quantitative estimate of drug-likeness (QED) is 0.930. The van der Waals surface area contributed by atoms with Crippen molar-refractivity contribution in [3.8, 4) is 0 Å². The smallest absolute Gasteiger partial charge is 0.124 e. The second kappa shape index (κ2) is 5.04. The van der Waals surface area contributed by atoms with E-state index < -0.39 is 5.60 Å². The Hall–Kier alpha value is -0.450. The molecule has 1 saturated heterocycles. The summed E-state index contributed by atoms with van der Waals surface area (Å²) in [6.45, 7) is 3.09. The van der Waals surface area contributed by atoms with Crippen molar-refractivity contribution >= 4 is 15.9 Å². The number of hydrogen-bond acceptors (Lipinski definition) is 2. The van der Waals surface area contributed by atoms with Gasteiger partial charge in [0.15, 0.2) is 0 Å². The molecule has 4 heteroatoms. The van der Waals surface area contributed by atoms with Crippen LogP contribution in [0.4, 0.5) is 4.39 Å². The van der Waals surface area contributed by atoms with Gasteiger partial charge in [0.05, 0.1) is 12.2 Å². The molecule has 0 radical (unpaired) electrons. The van der Waals surface area contributed by atoms with Crippen LogP contribution < -0.4 is 0 Å². The molecule has 0 aromatic heterocycles. The van der Waals surface area contributed by atoms with Crippen LogP contribution in [0.15, 0.2) is 22.7 Å². The van der Waals surface area contributed by atoms with Crippen LogP contribution in [0.3, 0.4) is 0 Å². The summed E-state index contributed by atoms with van der Waals surface area (Å²) in [5.41, 5.74) is -0.0437. The van der Waals surface area contributed by atoms with Gasteiger partial charge < -0.3 is 9.84 Å². The van der Waals surface area contributed by atoms with E-state index >= 15 is 0 Å². The molecule has 1 aliphatic heterocycles. The fraction of sp³-hybridized carbons (Fsp3) is 0.538. The average molecular weight is 303 g/mol. The van der Waals surface area contributed by atoms with E-state index in [0.717, 1.165) is 12.0 Å². The van der Waals surface area contributed by atoms with E-state index in [2.05, 4.69) is 15.9 Å². The molecule has 0 bridgehead atoms. The minimum absolute atomic E-state index is 0.129. The van der Waals surface area contributed by atoms with Gasteiger partial charge >= 0.3 is 0 Å². The van der Waals surface area contributed by atoms with Gasteiger partial charge in [-0.15, -0.1) is 0 Å². The molecule has 2 nitrogen and oxygen atoms in total. The van der Waals surface area contributed by atoms with Crippen molar-refractivity contribution in [2.45, 2.75) is 25.4 Å². The van der Waals surface area contributed by atoms with Gasteiger partial charge in [-0.05, 0) is 37.1 Å². The fourth-order valence-corrected chi connectivity index (χ4v) is 2.81. The Bertz CT molecular complexity index is 380. The molecule has 0 saturated carbocycles. The van der Waals surface area contributed by atoms with Crippen LogP contribution in [0.1, 0.15) is 18.9 Å². The largest absolute Gasteiger partial charge is 0.389 e. The van der Waals surface area contributed by atoms with Crippen LogP contribution in [0.2, 0.25) is 0 Å². The van der Waals surface area contributed by atoms with Crippen LogP contribution >= 0.6 is 15.9 Å². The Labute approximate surface area is 109 Å². The van der Waals surface area contributed by atoms with Gasteiger partial charge in [-0.2, -0.15) is 0 Å². The van der Waals surface area contributed by atoms with Crippen molar-refractivity contribution in [1.29, 1.82) is 0 Å². The van der Waals surface area contributed by atoms with Crippen molar-refractivity contribution in [3.63, 3.8) is 0 Å². The lowest BCUT2D eigenvalue weighted by Gasteiger charge is -2.29. The van der Waals surface area contributed by atoms with E-state index in [-0.39, 0.29) is 11.7 Å². The topological polar surface area (TPSA) is 29.5 Å². The molecule has 94 valence electrons. The lowest BCUT2D eigenvalue weighted by molar-refractivity contribution is -0.00458. The molecule has 2 atom stereocenters. The molecule has 2 unspecified atom stereocenters. The summed E-state index contributed by atoms with van der Waals surface area (Å²) in [4.78, 5) is 0. The number of rotatable bonds is 3. The minimum Gasteiger partial charge on any atom is -0.389 e. The zero-order valence-electron chi connectivity index (χ0n) is 9.75. The van der Waals surface area contributed by atoms with Crippen LogP contribution in [-0.2, 0) is 11.2 Å². The zero-order valence-corrected chi connectivity index (χ0v) is 11.3. The Morgan fingerprint density at radius 3 is 2.88 bits per heavy atom. The number of benzene rings is 1. The van der Waals surface area contributed by atoms with Crippen molar-refractivity contribution in [1.82, 2.24) is 0 Å². The zero-order chi connectivity index (χ0) is 12.5. The normalized spacial score (nSPS) is 23.6. The third-order valence-corrected chi connectivity index (χ3v) is 3.75. The van der Waals surface area contributed by atoms with Gasteiger partial charge in [0, 0.05) is 23.4 Å². The first-order valence-electron chi connectivity index (χ1n) is 5.72. The summed E-state index contributed by atoms with van der Waals surface area (Å²) in [5.74, 6) is -0.155. The Morgan fingerprint density at radius 1 is 1.53 bits per heavy atom. The van der Waals surface area contributed by atoms with Crippen molar-refractivity contribution in [2.24, 2.45) is 5.92 Å². The number of halogens is 2. The predicted molar refractivity (Wildman–Crippen MR) is 67.4 cm³/mol. The number of hydrogen-bond donors (Lipinski definition) is 1. The van der Waals surface area contributed by atoms with E-state index in [1.165, 1.54) is 12.1 Å². The van der Waals surface area contributed by atoms with E-state index in [9.17, 15) is 9.50 Å². The summed E-state index contributed by atoms with van der Waals surface area (Å²) in [6, 6.07) is 4.72. The molecule has 1 heterocycles. The second-order valence-corrected chi connectivity index (χ2v) is 5.79. The molecular formula is C13H16BrFO2.